The molecule has 21 heavy (non-hydrogen) atoms. The molecule has 0 saturated heterocycles. The summed E-state index contributed by atoms with van der Waals surface area (Å²) in [6.45, 7) is 4.83. The SMILES string of the molecule is Cc1nc(C)c(S(=O)(=O)Nc2cccc([N+](=O)[O-])c2C)s1. The number of nitrogens with one attached hydrogen (secondary N) is 1. The fraction of sp³-hybridized carbons (Fsp3) is 0.250. The Labute approximate surface area is 125 Å². The van der Waals surface area contributed by atoms with Crippen LogP contribution in [-0.2, 0) is 10.0 Å². The third kappa shape index (κ3) is 3.03. The van der Waals surface area contributed by atoms with Gasteiger partial charge in [-0.1, -0.05) is 6.07 Å². The normalized spacial score (nSPS) is 11.4. The molecule has 0 aliphatic rings. The first-order valence-electron chi connectivity index (χ1n) is 5.93. The number of nitrogens with zero attached hydrogens (tertiary/aromatic N) is 2. The lowest BCUT2D eigenvalue weighted by Gasteiger charge is -2.09. The van der Waals surface area contributed by atoms with Crippen LogP contribution in [0.5, 0.6) is 0 Å². The number of aromatic nitrogens is 1. The molecule has 0 unspecified atom stereocenters. The quantitative estimate of drug-likeness (QED) is 0.687. The van der Waals surface area contributed by atoms with Crippen molar-refractivity contribution in [2.45, 2.75) is 25.0 Å². The summed E-state index contributed by atoms with van der Waals surface area (Å²) in [6, 6.07) is 4.26. The number of rotatable bonds is 4. The first-order valence-corrected chi connectivity index (χ1v) is 8.23. The van der Waals surface area contributed by atoms with Crippen molar-refractivity contribution in [2.75, 3.05) is 4.72 Å². The maximum atomic E-state index is 12.4. The van der Waals surface area contributed by atoms with Gasteiger partial charge in [0, 0.05) is 6.07 Å². The van der Waals surface area contributed by atoms with E-state index in [9.17, 15) is 18.5 Å². The number of benzene rings is 1. The van der Waals surface area contributed by atoms with E-state index >= 15 is 0 Å². The van der Waals surface area contributed by atoms with Gasteiger partial charge in [-0.25, -0.2) is 13.4 Å². The molecule has 0 atom stereocenters. The highest BCUT2D eigenvalue weighted by Crippen LogP contribution is 2.29. The summed E-state index contributed by atoms with van der Waals surface area (Å²) in [5.41, 5.74) is 0.736. The Kier molecular flexibility index (Phi) is 3.97. The minimum Gasteiger partial charge on any atom is -0.278 e. The van der Waals surface area contributed by atoms with Gasteiger partial charge >= 0.3 is 0 Å². The maximum absolute atomic E-state index is 12.4. The highest BCUT2D eigenvalue weighted by Gasteiger charge is 2.23. The van der Waals surface area contributed by atoms with Gasteiger partial charge in [-0.05, 0) is 26.8 Å². The summed E-state index contributed by atoms with van der Waals surface area (Å²) < 4.78 is 27.2. The van der Waals surface area contributed by atoms with Crippen molar-refractivity contribution in [1.82, 2.24) is 4.98 Å². The number of nitro groups is 1. The number of thiazole rings is 1. The Morgan fingerprint density at radius 2 is 1.95 bits per heavy atom. The molecular weight excluding hydrogens is 314 g/mol. The highest BCUT2D eigenvalue weighted by atomic mass is 32.2. The van der Waals surface area contributed by atoms with Gasteiger partial charge in [0.1, 0.15) is 0 Å². The lowest BCUT2D eigenvalue weighted by atomic mass is 10.2. The zero-order valence-corrected chi connectivity index (χ0v) is 13.2. The summed E-state index contributed by atoms with van der Waals surface area (Å²) in [5, 5.41) is 11.5. The lowest BCUT2D eigenvalue weighted by molar-refractivity contribution is -0.385. The first kappa shape index (κ1) is 15.4. The zero-order valence-electron chi connectivity index (χ0n) is 11.6. The van der Waals surface area contributed by atoms with E-state index in [0.717, 1.165) is 11.3 Å². The van der Waals surface area contributed by atoms with Crippen LogP contribution in [0.4, 0.5) is 11.4 Å². The number of hydrogen-bond donors (Lipinski definition) is 1. The minimum atomic E-state index is -3.80. The summed E-state index contributed by atoms with van der Waals surface area (Å²) in [7, 11) is -3.80. The van der Waals surface area contributed by atoms with Crippen LogP contribution in [0.15, 0.2) is 22.4 Å². The van der Waals surface area contributed by atoms with Crippen molar-refractivity contribution in [3.8, 4) is 0 Å². The average Bonchev–Trinajstić information content (AvgIpc) is 2.71. The fourth-order valence-electron chi connectivity index (χ4n) is 1.88. The molecular formula is C12H13N3O4S2. The predicted molar refractivity (Wildman–Crippen MR) is 80.2 cm³/mol. The van der Waals surface area contributed by atoms with Crippen LogP contribution in [0, 0.1) is 30.9 Å². The second-order valence-corrected chi connectivity index (χ2v) is 7.50. The van der Waals surface area contributed by atoms with Gasteiger partial charge in [-0.15, -0.1) is 11.3 Å². The number of sulfonamides is 1. The molecule has 1 aromatic carbocycles. The molecule has 9 heteroatoms. The molecule has 1 heterocycles. The molecule has 0 spiro atoms. The zero-order chi connectivity index (χ0) is 15.8. The third-order valence-electron chi connectivity index (χ3n) is 2.85. The molecule has 0 aliphatic carbocycles. The van der Waals surface area contributed by atoms with Crippen molar-refractivity contribution >= 4 is 32.7 Å². The first-order chi connectivity index (χ1) is 9.72. The van der Waals surface area contributed by atoms with Crippen LogP contribution in [0.25, 0.3) is 0 Å². The van der Waals surface area contributed by atoms with Crippen LogP contribution in [0.2, 0.25) is 0 Å². The van der Waals surface area contributed by atoms with E-state index in [1.165, 1.54) is 25.1 Å². The molecule has 0 saturated carbocycles. The van der Waals surface area contributed by atoms with Gasteiger partial charge in [0.05, 0.1) is 26.9 Å². The summed E-state index contributed by atoms with van der Waals surface area (Å²) in [4.78, 5) is 14.4. The Morgan fingerprint density at radius 3 is 2.48 bits per heavy atom. The predicted octanol–water partition coefficient (Wildman–Crippen LogP) is 2.78. The van der Waals surface area contributed by atoms with E-state index in [1.807, 2.05) is 0 Å². The number of anilines is 1. The molecule has 0 fully saturated rings. The molecule has 0 bridgehead atoms. The molecule has 2 rings (SSSR count). The van der Waals surface area contributed by atoms with E-state index in [1.54, 1.807) is 13.8 Å². The second-order valence-electron chi connectivity index (χ2n) is 4.42. The Bertz CT molecular complexity index is 812. The van der Waals surface area contributed by atoms with E-state index in [4.69, 9.17) is 0 Å². The number of aryl methyl sites for hydroxylation is 2. The van der Waals surface area contributed by atoms with E-state index in [0.29, 0.717) is 10.7 Å². The Balaban J connectivity index is 2.45. The van der Waals surface area contributed by atoms with Crippen molar-refractivity contribution < 1.29 is 13.3 Å². The number of hydrogen-bond acceptors (Lipinski definition) is 6. The van der Waals surface area contributed by atoms with Crippen LogP contribution in [0.1, 0.15) is 16.3 Å². The molecule has 112 valence electrons. The van der Waals surface area contributed by atoms with Crippen LogP contribution >= 0.6 is 11.3 Å². The van der Waals surface area contributed by atoms with E-state index in [2.05, 4.69) is 9.71 Å². The van der Waals surface area contributed by atoms with Gasteiger partial charge in [0.15, 0.2) is 4.21 Å². The van der Waals surface area contributed by atoms with Gasteiger partial charge in [0.25, 0.3) is 15.7 Å². The average molecular weight is 327 g/mol. The second kappa shape index (κ2) is 5.41. The molecule has 1 N–H and O–H groups in total. The minimum absolute atomic E-state index is 0.117. The van der Waals surface area contributed by atoms with Crippen molar-refractivity contribution in [1.29, 1.82) is 0 Å². The number of nitro benzene ring substituents is 1. The van der Waals surface area contributed by atoms with Gasteiger partial charge in [-0.3, -0.25) is 14.8 Å². The monoisotopic (exact) mass is 327 g/mol. The van der Waals surface area contributed by atoms with Gasteiger partial charge in [0.2, 0.25) is 0 Å². The molecule has 7 nitrogen and oxygen atoms in total. The fourth-order valence-corrected chi connectivity index (χ4v) is 4.49. The van der Waals surface area contributed by atoms with E-state index in [-0.39, 0.29) is 21.1 Å². The Morgan fingerprint density at radius 1 is 1.29 bits per heavy atom. The highest BCUT2D eigenvalue weighted by molar-refractivity contribution is 7.94. The molecule has 0 amide bonds. The van der Waals surface area contributed by atoms with Crippen LogP contribution < -0.4 is 4.72 Å². The van der Waals surface area contributed by atoms with Crippen LogP contribution in [-0.4, -0.2) is 18.3 Å². The smallest absolute Gasteiger partial charge is 0.274 e. The topological polar surface area (TPSA) is 102 Å². The summed E-state index contributed by atoms with van der Waals surface area (Å²) in [6.07, 6.45) is 0. The van der Waals surface area contributed by atoms with Gasteiger partial charge < -0.3 is 0 Å². The molecule has 0 aliphatic heterocycles. The standard InChI is InChI=1S/C12H13N3O4S2/c1-7-10(5-4-6-11(7)15(16)17)14-21(18,19)12-8(2)13-9(3)20-12/h4-6,14H,1-3H3. The van der Waals surface area contributed by atoms with Crippen molar-refractivity contribution in [3.05, 3.63) is 44.6 Å². The van der Waals surface area contributed by atoms with Crippen molar-refractivity contribution in [3.63, 3.8) is 0 Å². The molecule has 1 aromatic heterocycles. The third-order valence-corrected chi connectivity index (χ3v) is 5.90. The van der Waals surface area contributed by atoms with Gasteiger partial charge in [-0.2, -0.15) is 0 Å². The Hall–Kier alpha value is -2.00. The largest absolute Gasteiger partial charge is 0.278 e. The molecule has 2 aromatic rings. The van der Waals surface area contributed by atoms with E-state index < -0.39 is 14.9 Å². The van der Waals surface area contributed by atoms with Crippen LogP contribution in [0.3, 0.4) is 0 Å². The van der Waals surface area contributed by atoms with Crippen molar-refractivity contribution in [2.24, 2.45) is 0 Å². The maximum Gasteiger partial charge on any atom is 0.274 e. The lowest BCUT2D eigenvalue weighted by Crippen LogP contribution is -2.14. The summed E-state index contributed by atoms with van der Waals surface area (Å²) >= 11 is 1.06. The summed E-state index contributed by atoms with van der Waals surface area (Å²) in [5.74, 6) is 0. The molecule has 0 radical (unpaired) electrons.